The van der Waals surface area contributed by atoms with Crippen LogP contribution >= 0.6 is 0 Å². The van der Waals surface area contributed by atoms with Crippen LogP contribution in [0.5, 0.6) is 0 Å². The summed E-state index contributed by atoms with van der Waals surface area (Å²) in [5.41, 5.74) is -0.327. The fourth-order valence-electron chi connectivity index (χ4n) is 10.3. The van der Waals surface area contributed by atoms with Crippen LogP contribution in [0, 0.1) is 33.5 Å². The number of hydrogen-bond donors (Lipinski definition) is 1. The van der Waals surface area contributed by atoms with Crippen LogP contribution in [0.25, 0.3) is 0 Å². The second-order valence-electron chi connectivity index (χ2n) is 21.1. The average Bonchev–Trinajstić information content (AvgIpc) is 3.57. The van der Waals surface area contributed by atoms with Gasteiger partial charge in [0.1, 0.15) is 6.29 Å². The van der Waals surface area contributed by atoms with Crippen molar-refractivity contribution in [3.05, 3.63) is 121 Å². The molecule has 4 aromatic carbocycles. The number of hydrogen-bond acceptors (Lipinski definition) is 4. The Morgan fingerprint density at radius 3 is 1.12 bits per heavy atom. The summed E-state index contributed by atoms with van der Waals surface area (Å²) in [6, 6.07) is 43.3. The fourth-order valence-corrected chi connectivity index (χ4v) is 19.6. The summed E-state index contributed by atoms with van der Waals surface area (Å²) in [6.45, 7) is 29.1. The SMILES string of the molecule is CC1(C)[C@H](CO[Si](c2ccccc2)(c2ccccc2)C(C)(C)C)CC[C@]1(C)C=O.CC1(C)[C@H](CO[Si](c2ccccc2)(c2ccccc2)C(C)(C)C)CC[C@]1(C)CO. The first-order valence-corrected chi connectivity index (χ1v) is 25.6. The molecule has 0 aliphatic heterocycles. The Hall–Kier alpha value is -3.14. The Balaban J connectivity index is 0.000000221. The highest BCUT2D eigenvalue weighted by molar-refractivity contribution is 7.00. The van der Waals surface area contributed by atoms with Gasteiger partial charge in [-0.15, -0.1) is 0 Å². The number of aliphatic hydroxyl groups is 1. The van der Waals surface area contributed by atoms with E-state index in [-0.39, 0.29) is 38.3 Å². The zero-order valence-electron chi connectivity index (χ0n) is 37.9. The van der Waals surface area contributed by atoms with Crippen LogP contribution in [0.4, 0.5) is 0 Å². The quantitative estimate of drug-likeness (QED) is 0.114. The highest BCUT2D eigenvalue weighted by Gasteiger charge is 2.56. The maximum atomic E-state index is 11.9. The third kappa shape index (κ3) is 8.30. The van der Waals surface area contributed by atoms with E-state index in [9.17, 15) is 9.90 Å². The van der Waals surface area contributed by atoms with Gasteiger partial charge in [0.05, 0.1) is 0 Å². The maximum Gasteiger partial charge on any atom is 0.261 e. The minimum Gasteiger partial charge on any atom is -0.407 e. The Bertz CT molecular complexity index is 1820. The maximum absolute atomic E-state index is 11.9. The van der Waals surface area contributed by atoms with Gasteiger partial charge in [-0.3, -0.25) is 0 Å². The van der Waals surface area contributed by atoms with E-state index in [0.29, 0.717) is 18.4 Å². The monoisotopic (exact) mass is 819 g/mol. The molecule has 4 aromatic rings. The van der Waals surface area contributed by atoms with Crippen molar-refractivity contribution in [2.45, 2.75) is 119 Å². The second kappa shape index (κ2) is 17.5. The molecule has 0 aromatic heterocycles. The first-order chi connectivity index (χ1) is 27.2. The number of benzene rings is 4. The molecule has 2 saturated carbocycles. The molecule has 0 radical (unpaired) electrons. The first kappa shape index (κ1) is 45.9. The van der Waals surface area contributed by atoms with E-state index < -0.39 is 16.6 Å². The normalized spacial score (nSPS) is 24.5. The Morgan fingerprint density at radius 2 is 0.862 bits per heavy atom. The number of carbonyl (C=O) groups excluding carboxylic acids is 1. The third-order valence-electron chi connectivity index (χ3n) is 15.6. The summed E-state index contributed by atoms with van der Waals surface area (Å²) in [4.78, 5) is 11.9. The molecule has 58 heavy (non-hydrogen) atoms. The van der Waals surface area contributed by atoms with E-state index in [1.807, 2.05) is 0 Å². The Kier molecular flexibility index (Phi) is 13.8. The smallest absolute Gasteiger partial charge is 0.261 e. The predicted octanol–water partition coefficient (Wildman–Crippen LogP) is 10.2. The number of rotatable bonds is 12. The zero-order valence-corrected chi connectivity index (χ0v) is 39.9. The Labute approximate surface area is 354 Å². The van der Waals surface area contributed by atoms with E-state index in [4.69, 9.17) is 8.85 Å². The molecule has 314 valence electrons. The molecule has 1 N–H and O–H groups in total. The van der Waals surface area contributed by atoms with Gasteiger partial charge < -0.3 is 18.8 Å². The second-order valence-corrected chi connectivity index (χ2v) is 29.7. The molecular formula is C52H74O4Si2. The van der Waals surface area contributed by atoms with Gasteiger partial charge in [-0.25, -0.2) is 0 Å². The molecule has 4 atom stereocenters. The van der Waals surface area contributed by atoms with Crippen LogP contribution < -0.4 is 20.7 Å². The predicted molar refractivity (Wildman–Crippen MR) is 250 cm³/mol. The Morgan fingerprint density at radius 1 is 0.552 bits per heavy atom. The lowest BCUT2D eigenvalue weighted by molar-refractivity contribution is -0.120. The van der Waals surface area contributed by atoms with Gasteiger partial charge in [-0.2, -0.15) is 0 Å². The number of carbonyl (C=O) groups is 1. The van der Waals surface area contributed by atoms with Crippen molar-refractivity contribution in [2.75, 3.05) is 19.8 Å². The molecule has 0 heterocycles. The minimum absolute atomic E-state index is 0.00125. The highest BCUT2D eigenvalue weighted by Crippen LogP contribution is 2.57. The van der Waals surface area contributed by atoms with Gasteiger partial charge in [-0.05, 0) is 84.6 Å². The van der Waals surface area contributed by atoms with E-state index >= 15 is 0 Å². The summed E-state index contributed by atoms with van der Waals surface area (Å²) >= 11 is 0. The minimum atomic E-state index is -2.52. The van der Waals surface area contributed by atoms with Crippen molar-refractivity contribution in [1.82, 2.24) is 0 Å². The molecule has 0 unspecified atom stereocenters. The molecule has 4 nitrogen and oxygen atoms in total. The molecule has 0 saturated heterocycles. The summed E-state index contributed by atoms with van der Waals surface area (Å²) in [6.07, 6.45) is 5.34. The summed E-state index contributed by atoms with van der Waals surface area (Å²) in [5.74, 6) is 0.820. The van der Waals surface area contributed by atoms with Crippen LogP contribution in [0.3, 0.4) is 0 Å². The van der Waals surface area contributed by atoms with Crippen molar-refractivity contribution in [3.8, 4) is 0 Å². The van der Waals surface area contributed by atoms with E-state index in [0.717, 1.165) is 32.3 Å². The molecule has 0 bridgehead atoms. The van der Waals surface area contributed by atoms with Gasteiger partial charge in [0.25, 0.3) is 16.6 Å². The van der Waals surface area contributed by atoms with Gasteiger partial charge in [-0.1, -0.05) is 204 Å². The molecule has 0 spiro atoms. The van der Waals surface area contributed by atoms with Crippen molar-refractivity contribution in [1.29, 1.82) is 0 Å². The molecule has 6 heteroatoms. The van der Waals surface area contributed by atoms with Crippen LogP contribution in [-0.4, -0.2) is 47.8 Å². The largest absolute Gasteiger partial charge is 0.407 e. The standard InChI is InChI=1S/C26H38O2Si.C26H36O2Si/c2*1-24(2,3)29(22-13-9-7-10-14-22,23-15-11-8-12-16-23)28-19-21-17-18-26(6,20-27)25(21,4)5/h7-16,21,27H,17-20H2,1-6H3;7-16,20-21H,17-19H2,1-6H3/t2*21-,26+/m00/s1. The zero-order chi connectivity index (χ0) is 42.7. The lowest BCUT2D eigenvalue weighted by atomic mass is 9.66. The number of aldehydes is 1. The summed E-state index contributed by atoms with van der Waals surface area (Å²) in [7, 11) is -5.02. The molecule has 2 aliphatic rings. The highest BCUT2D eigenvalue weighted by atomic mass is 28.4. The van der Waals surface area contributed by atoms with Crippen LogP contribution in [-0.2, 0) is 13.6 Å². The molecule has 0 amide bonds. The lowest BCUT2D eigenvalue weighted by Gasteiger charge is -2.46. The van der Waals surface area contributed by atoms with Crippen molar-refractivity contribution in [2.24, 2.45) is 33.5 Å². The van der Waals surface area contributed by atoms with Crippen molar-refractivity contribution >= 4 is 43.7 Å². The summed E-state index contributed by atoms with van der Waals surface area (Å²) in [5, 5.41) is 15.3. The average molecular weight is 819 g/mol. The van der Waals surface area contributed by atoms with Gasteiger partial charge in [0, 0.05) is 25.2 Å². The molecule has 2 aliphatic carbocycles. The number of aliphatic hydroxyl groups excluding tert-OH is 1. The van der Waals surface area contributed by atoms with Gasteiger partial charge in [0.15, 0.2) is 0 Å². The van der Waals surface area contributed by atoms with Crippen molar-refractivity contribution in [3.63, 3.8) is 0 Å². The van der Waals surface area contributed by atoms with Crippen LogP contribution in [0.1, 0.15) is 109 Å². The van der Waals surface area contributed by atoms with Crippen molar-refractivity contribution < 1.29 is 18.8 Å². The van der Waals surface area contributed by atoms with E-state index in [1.54, 1.807) is 0 Å². The molecule has 2 fully saturated rings. The van der Waals surface area contributed by atoms with Crippen LogP contribution in [0.2, 0.25) is 10.1 Å². The topological polar surface area (TPSA) is 55.8 Å². The molecular weight excluding hydrogens is 745 g/mol. The van der Waals surface area contributed by atoms with Crippen LogP contribution in [0.15, 0.2) is 121 Å². The van der Waals surface area contributed by atoms with Gasteiger partial charge >= 0.3 is 0 Å². The van der Waals surface area contributed by atoms with E-state index in [2.05, 4.69) is 204 Å². The van der Waals surface area contributed by atoms with E-state index in [1.165, 1.54) is 27.0 Å². The summed E-state index contributed by atoms with van der Waals surface area (Å²) < 4.78 is 14.3. The fraction of sp³-hybridized carbons (Fsp3) is 0.519. The lowest BCUT2D eigenvalue weighted by Crippen LogP contribution is -2.67. The first-order valence-electron chi connectivity index (χ1n) is 21.7. The molecule has 6 rings (SSSR count). The van der Waals surface area contributed by atoms with Gasteiger partial charge in [0.2, 0.25) is 0 Å². The third-order valence-corrected chi connectivity index (χ3v) is 25.6.